The lowest BCUT2D eigenvalue weighted by Gasteiger charge is -2.07. The molecule has 7 nitrogen and oxygen atoms in total. The Morgan fingerprint density at radius 3 is 2.48 bits per heavy atom. The monoisotopic (exact) mass is 406 g/mol. The molecule has 0 saturated heterocycles. The molecule has 1 N–H and O–H groups in total. The number of nitrogens with one attached hydrogen (secondary N) is 1. The number of anilines is 1. The smallest absolute Gasteiger partial charge is 0.278 e. The van der Waals surface area contributed by atoms with Crippen molar-refractivity contribution in [3.63, 3.8) is 0 Å². The minimum Gasteiger partial charge on any atom is -0.497 e. The van der Waals surface area contributed by atoms with E-state index < -0.39 is 5.91 Å². The van der Waals surface area contributed by atoms with Crippen molar-refractivity contribution in [3.8, 4) is 17.0 Å². The van der Waals surface area contributed by atoms with E-state index in [1.54, 1.807) is 31.4 Å². The Balaban J connectivity index is 1.67. The van der Waals surface area contributed by atoms with Crippen molar-refractivity contribution in [1.29, 1.82) is 0 Å². The van der Waals surface area contributed by atoms with Gasteiger partial charge in [-0.05, 0) is 37.3 Å². The number of methoxy groups -OCH3 is 1. The fourth-order valence-electron chi connectivity index (χ4n) is 3.09. The summed E-state index contributed by atoms with van der Waals surface area (Å²) in [6.45, 7) is 1.95. The number of ether oxygens (including phenoxy) is 1. The van der Waals surface area contributed by atoms with Gasteiger partial charge in [0.25, 0.3) is 11.5 Å². The van der Waals surface area contributed by atoms with Crippen molar-refractivity contribution in [1.82, 2.24) is 14.8 Å². The van der Waals surface area contributed by atoms with Gasteiger partial charge in [-0.3, -0.25) is 14.9 Å². The standard InChI is InChI=1S/C21H18N4O3S/c1-12-17(13-8-10-14(28-3)11-9-13)22-21(29-12)23-19(26)18-15-6-4-5-7-16(15)20(27)25(2)24-18/h4-11H,1-3H3,(H,22,23,26). The van der Waals surface area contributed by atoms with E-state index in [1.165, 1.54) is 23.1 Å². The van der Waals surface area contributed by atoms with Gasteiger partial charge in [0, 0.05) is 22.9 Å². The van der Waals surface area contributed by atoms with Gasteiger partial charge in [-0.2, -0.15) is 5.10 Å². The number of carbonyl (C=O) groups excluding carboxylic acids is 1. The molecule has 8 heteroatoms. The van der Waals surface area contributed by atoms with Crippen molar-refractivity contribution in [2.75, 3.05) is 12.4 Å². The summed E-state index contributed by atoms with van der Waals surface area (Å²) in [4.78, 5) is 30.7. The van der Waals surface area contributed by atoms with E-state index in [4.69, 9.17) is 4.74 Å². The molecule has 0 aliphatic heterocycles. The van der Waals surface area contributed by atoms with Crippen molar-refractivity contribution >= 4 is 33.1 Å². The van der Waals surface area contributed by atoms with E-state index in [0.29, 0.717) is 15.9 Å². The molecule has 0 aliphatic carbocycles. The molecular weight excluding hydrogens is 388 g/mol. The molecule has 0 fully saturated rings. The molecule has 1 amide bonds. The van der Waals surface area contributed by atoms with Crippen molar-refractivity contribution in [2.45, 2.75) is 6.92 Å². The Labute approximate surface area is 170 Å². The molecule has 29 heavy (non-hydrogen) atoms. The fraction of sp³-hybridized carbons (Fsp3) is 0.143. The minimum atomic E-state index is -0.410. The Hall–Kier alpha value is -3.52. The SMILES string of the molecule is COc1ccc(-c2nc(NC(=O)c3nn(C)c(=O)c4ccccc34)sc2C)cc1. The lowest BCUT2D eigenvalue weighted by Crippen LogP contribution is -2.25. The highest BCUT2D eigenvalue weighted by Crippen LogP contribution is 2.31. The maximum Gasteiger partial charge on any atom is 0.278 e. The molecule has 0 spiro atoms. The number of carbonyl (C=O) groups is 1. The van der Waals surface area contributed by atoms with Crippen LogP contribution in [0.1, 0.15) is 15.4 Å². The molecule has 0 radical (unpaired) electrons. The highest BCUT2D eigenvalue weighted by atomic mass is 32.1. The van der Waals surface area contributed by atoms with Crippen molar-refractivity contribution in [2.24, 2.45) is 7.05 Å². The van der Waals surface area contributed by atoms with Gasteiger partial charge in [0.2, 0.25) is 0 Å². The molecule has 0 saturated carbocycles. The van der Waals surface area contributed by atoms with Crippen LogP contribution in [0.25, 0.3) is 22.0 Å². The van der Waals surface area contributed by atoms with Crippen LogP contribution in [-0.2, 0) is 7.05 Å². The van der Waals surface area contributed by atoms with Crippen LogP contribution in [0, 0.1) is 6.92 Å². The number of aryl methyl sites for hydroxylation is 2. The zero-order chi connectivity index (χ0) is 20.5. The average molecular weight is 406 g/mol. The number of nitrogens with zero attached hydrogens (tertiary/aromatic N) is 3. The molecule has 146 valence electrons. The van der Waals surface area contributed by atoms with E-state index in [9.17, 15) is 9.59 Å². The van der Waals surface area contributed by atoms with Crippen LogP contribution in [0.5, 0.6) is 5.75 Å². The molecule has 2 heterocycles. The van der Waals surface area contributed by atoms with Crippen LogP contribution >= 0.6 is 11.3 Å². The van der Waals surface area contributed by atoms with E-state index >= 15 is 0 Å². The van der Waals surface area contributed by atoms with E-state index in [-0.39, 0.29) is 11.3 Å². The summed E-state index contributed by atoms with van der Waals surface area (Å²) < 4.78 is 6.36. The summed E-state index contributed by atoms with van der Waals surface area (Å²) in [5.74, 6) is 0.356. The molecule has 2 aromatic heterocycles. The summed E-state index contributed by atoms with van der Waals surface area (Å²) in [7, 11) is 3.15. The largest absolute Gasteiger partial charge is 0.497 e. The molecular formula is C21H18N4O3S. The molecule has 0 unspecified atom stereocenters. The third-order valence-corrected chi connectivity index (χ3v) is 5.44. The predicted octanol–water partition coefficient (Wildman–Crippen LogP) is 3.63. The molecule has 0 atom stereocenters. The van der Waals surface area contributed by atoms with Crippen LogP contribution in [0.3, 0.4) is 0 Å². The van der Waals surface area contributed by atoms with Crippen LogP contribution < -0.4 is 15.6 Å². The molecule has 2 aromatic carbocycles. The number of hydrogen-bond acceptors (Lipinski definition) is 6. The van der Waals surface area contributed by atoms with Gasteiger partial charge in [0.1, 0.15) is 5.75 Å². The topological polar surface area (TPSA) is 86.1 Å². The lowest BCUT2D eigenvalue weighted by atomic mass is 10.1. The van der Waals surface area contributed by atoms with Gasteiger partial charge < -0.3 is 4.74 Å². The van der Waals surface area contributed by atoms with Gasteiger partial charge >= 0.3 is 0 Å². The number of rotatable bonds is 4. The number of thiazole rings is 1. The van der Waals surface area contributed by atoms with Crippen LogP contribution in [0.4, 0.5) is 5.13 Å². The second kappa shape index (κ2) is 7.48. The summed E-state index contributed by atoms with van der Waals surface area (Å²) in [5, 5.41) is 8.40. The zero-order valence-corrected chi connectivity index (χ0v) is 16.9. The molecule has 0 bridgehead atoms. The Bertz CT molecular complexity index is 1280. The quantitative estimate of drug-likeness (QED) is 0.559. The highest BCUT2D eigenvalue weighted by Gasteiger charge is 2.18. The summed E-state index contributed by atoms with van der Waals surface area (Å²) in [5.41, 5.74) is 1.67. The number of benzene rings is 2. The first kappa shape index (κ1) is 18.8. The lowest BCUT2D eigenvalue weighted by molar-refractivity contribution is 0.102. The van der Waals surface area contributed by atoms with Gasteiger partial charge in [0.15, 0.2) is 10.8 Å². The van der Waals surface area contributed by atoms with E-state index in [2.05, 4.69) is 15.4 Å². The summed E-state index contributed by atoms with van der Waals surface area (Å²) in [6.07, 6.45) is 0. The highest BCUT2D eigenvalue weighted by molar-refractivity contribution is 7.16. The maximum absolute atomic E-state index is 12.9. The zero-order valence-electron chi connectivity index (χ0n) is 16.1. The number of hydrogen-bond donors (Lipinski definition) is 1. The maximum atomic E-state index is 12.9. The average Bonchev–Trinajstić information content (AvgIpc) is 3.10. The first-order valence-corrected chi connectivity index (χ1v) is 9.69. The second-order valence-corrected chi connectivity index (χ2v) is 7.63. The minimum absolute atomic E-state index is 0.182. The molecule has 0 aliphatic rings. The Morgan fingerprint density at radius 2 is 1.79 bits per heavy atom. The number of fused-ring (bicyclic) bond motifs is 1. The Kier molecular flexibility index (Phi) is 4.85. The fourth-order valence-corrected chi connectivity index (χ4v) is 3.92. The van der Waals surface area contributed by atoms with Crippen molar-refractivity contribution in [3.05, 3.63) is 69.5 Å². The van der Waals surface area contributed by atoms with Gasteiger partial charge in [0.05, 0.1) is 18.2 Å². The molecule has 4 rings (SSSR count). The Morgan fingerprint density at radius 1 is 1.10 bits per heavy atom. The summed E-state index contributed by atoms with van der Waals surface area (Å²) in [6, 6.07) is 14.5. The van der Waals surface area contributed by atoms with Crippen molar-refractivity contribution < 1.29 is 9.53 Å². The first-order chi connectivity index (χ1) is 14.0. The number of amides is 1. The molecule has 4 aromatic rings. The predicted molar refractivity (Wildman–Crippen MR) is 114 cm³/mol. The van der Waals surface area contributed by atoms with Crippen LogP contribution in [-0.4, -0.2) is 27.8 Å². The van der Waals surface area contributed by atoms with Gasteiger partial charge in [-0.15, -0.1) is 11.3 Å². The summed E-state index contributed by atoms with van der Waals surface area (Å²) >= 11 is 1.38. The third kappa shape index (κ3) is 3.50. The number of aromatic nitrogens is 3. The van der Waals surface area contributed by atoms with Gasteiger partial charge in [-0.25, -0.2) is 9.67 Å². The normalized spacial score (nSPS) is 10.9. The first-order valence-electron chi connectivity index (χ1n) is 8.87. The van der Waals surface area contributed by atoms with E-state index in [1.807, 2.05) is 31.2 Å². The van der Waals surface area contributed by atoms with Crippen LogP contribution in [0.15, 0.2) is 53.3 Å². The second-order valence-electron chi connectivity index (χ2n) is 6.43. The van der Waals surface area contributed by atoms with E-state index in [0.717, 1.165) is 21.9 Å². The van der Waals surface area contributed by atoms with Gasteiger partial charge in [-0.1, -0.05) is 18.2 Å². The van der Waals surface area contributed by atoms with Crippen LogP contribution in [0.2, 0.25) is 0 Å². The third-order valence-electron chi connectivity index (χ3n) is 4.55.